The normalized spacial score (nSPS) is 13.7. The van der Waals surface area contributed by atoms with Crippen molar-refractivity contribution in [1.82, 2.24) is 5.32 Å². The Morgan fingerprint density at radius 2 is 1.94 bits per heavy atom. The van der Waals surface area contributed by atoms with Gasteiger partial charge in [0.05, 0.1) is 13.2 Å². The average Bonchev–Trinajstić information content (AvgIpc) is 2.39. The smallest absolute Gasteiger partial charge is 0.327 e. The fourth-order valence-electron chi connectivity index (χ4n) is 1.45. The van der Waals surface area contributed by atoms with Crippen molar-refractivity contribution < 1.29 is 14.3 Å². The van der Waals surface area contributed by atoms with Gasteiger partial charge in [-0.1, -0.05) is 30.3 Å². The van der Waals surface area contributed by atoms with Gasteiger partial charge >= 0.3 is 5.97 Å². The van der Waals surface area contributed by atoms with Crippen molar-refractivity contribution in [2.75, 3.05) is 13.7 Å². The molecule has 1 amide bonds. The molecule has 0 aliphatic heterocycles. The van der Waals surface area contributed by atoms with E-state index in [-0.39, 0.29) is 6.54 Å². The van der Waals surface area contributed by atoms with Crippen LogP contribution in [-0.2, 0) is 14.3 Å². The van der Waals surface area contributed by atoms with Gasteiger partial charge in [-0.25, -0.2) is 4.79 Å². The molecule has 1 aromatic rings. The number of nitrogens with two attached hydrogens (primary N) is 2. The summed E-state index contributed by atoms with van der Waals surface area (Å²) in [5.74, 6) is -1.07. The maximum absolute atomic E-state index is 11.7. The second kappa shape index (κ2) is 6.73. The predicted molar refractivity (Wildman–Crippen MR) is 66.4 cm³/mol. The van der Waals surface area contributed by atoms with E-state index in [9.17, 15) is 9.59 Å². The Balaban J connectivity index is 2.75. The van der Waals surface area contributed by atoms with Gasteiger partial charge in [0.15, 0.2) is 0 Å². The Labute approximate surface area is 105 Å². The number of hydrogen-bond acceptors (Lipinski definition) is 5. The van der Waals surface area contributed by atoms with Crippen molar-refractivity contribution in [3.05, 3.63) is 35.9 Å². The monoisotopic (exact) mass is 251 g/mol. The lowest BCUT2D eigenvalue weighted by Crippen LogP contribution is -2.46. The van der Waals surface area contributed by atoms with Crippen LogP contribution < -0.4 is 16.8 Å². The first-order valence-electron chi connectivity index (χ1n) is 5.47. The van der Waals surface area contributed by atoms with E-state index in [0.29, 0.717) is 0 Å². The van der Waals surface area contributed by atoms with Crippen LogP contribution in [0.1, 0.15) is 11.6 Å². The highest BCUT2D eigenvalue weighted by Gasteiger charge is 2.22. The number of ether oxygens (including phenoxy) is 1. The van der Waals surface area contributed by atoms with Crippen molar-refractivity contribution >= 4 is 11.9 Å². The molecule has 0 saturated heterocycles. The number of methoxy groups -OCH3 is 1. The molecule has 0 radical (unpaired) electrons. The minimum Gasteiger partial charge on any atom is -0.468 e. The van der Waals surface area contributed by atoms with E-state index in [2.05, 4.69) is 5.32 Å². The van der Waals surface area contributed by atoms with Gasteiger partial charge in [-0.05, 0) is 5.56 Å². The lowest BCUT2D eigenvalue weighted by molar-refractivity contribution is -0.143. The summed E-state index contributed by atoms with van der Waals surface area (Å²) >= 11 is 0. The van der Waals surface area contributed by atoms with Crippen LogP contribution in [0.4, 0.5) is 0 Å². The Morgan fingerprint density at radius 1 is 1.33 bits per heavy atom. The first kappa shape index (κ1) is 14.1. The highest BCUT2D eigenvalue weighted by atomic mass is 16.5. The van der Waals surface area contributed by atoms with Crippen molar-refractivity contribution in [1.29, 1.82) is 0 Å². The number of hydrogen-bond donors (Lipinski definition) is 3. The van der Waals surface area contributed by atoms with Crippen molar-refractivity contribution in [2.24, 2.45) is 11.5 Å². The molecule has 1 aromatic carbocycles. The third-order valence-corrected chi connectivity index (χ3v) is 2.48. The van der Waals surface area contributed by atoms with Crippen LogP contribution in [0, 0.1) is 0 Å². The molecule has 0 aliphatic rings. The predicted octanol–water partition coefficient (Wildman–Crippen LogP) is -0.697. The number of carbonyl (C=O) groups excluding carboxylic acids is 2. The van der Waals surface area contributed by atoms with Gasteiger partial charge in [-0.15, -0.1) is 0 Å². The molecule has 98 valence electrons. The van der Waals surface area contributed by atoms with E-state index < -0.39 is 24.0 Å². The Hall–Kier alpha value is -1.92. The first-order chi connectivity index (χ1) is 8.56. The molecule has 0 bridgehead atoms. The van der Waals surface area contributed by atoms with Gasteiger partial charge in [0, 0.05) is 6.54 Å². The zero-order chi connectivity index (χ0) is 13.5. The molecule has 6 heteroatoms. The van der Waals surface area contributed by atoms with Gasteiger partial charge < -0.3 is 16.2 Å². The van der Waals surface area contributed by atoms with Crippen LogP contribution in [0.5, 0.6) is 0 Å². The molecular weight excluding hydrogens is 234 g/mol. The summed E-state index contributed by atoms with van der Waals surface area (Å²) in [5.41, 5.74) is 11.3. The number of amides is 1. The third kappa shape index (κ3) is 3.83. The number of nitrogens with one attached hydrogen (secondary N) is 1. The molecule has 2 unspecified atom stereocenters. The average molecular weight is 251 g/mol. The fourth-order valence-corrected chi connectivity index (χ4v) is 1.45. The second-order valence-electron chi connectivity index (χ2n) is 3.78. The molecule has 2 atom stereocenters. The number of carbonyl (C=O) groups is 2. The minimum atomic E-state index is -0.846. The van der Waals surface area contributed by atoms with E-state index in [1.54, 1.807) is 24.3 Å². The van der Waals surface area contributed by atoms with Crippen LogP contribution in [-0.4, -0.2) is 31.6 Å². The number of benzene rings is 1. The summed E-state index contributed by atoms with van der Waals surface area (Å²) in [4.78, 5) is 22.5. The molecule has 0 spiro atoms. The lowest BCUT2D eigenvalue weighted by atomic mass is 10.1. The molecule has 0 aliphatic carbocycles. The summed E-state index contributed by atoms with van der Waals surface area (Å²) in [7, 11) is 1.30. The van der Waals surface area contributed by atoms with E-state index in [4.69, 9.17) is 16.2 Å². The summed E-state index contributed by atoms with van der Waals surface area (Å²) in [6.07, 6.45) is 0. The summed E-state index contributed by atoms with van der Waals surface area (Å²) < 4.78 is 4.70. The SMILES string of the molecule is COC(=O)C(NCC(N)C(N)=O)c1ccccc1. The molecule has 0 aromatic heterocycles. The van der Waals surface area contributed by atoms with Crippen LogP contribution in [0.25, 0.3) is 0 Å². The van der Waals surface area contributed by atoms with E-state index in [0.717, 1.165) is 5.56 Å². The van der Waals surface area contributed by atoms with Gasteiger partial charge in [0.25, 0.3) is 0 Å². The van der Waals surface area contributed by atoms with Crippen LogP contribution in [0.3, 0.4) is 0 Å². The molecule has 5 N–H and O–H groups in total. The van der Waals surface area contributed by atoms with Gasteiger partial charge in [0.2, 0.25) is 5.91 Å². The first-order valence-corrected chi connectivity index (χ1v) is 5.47. The minimum absolute atomic E-state index is 0.101. The number of primary amides is 1. The number of esters is 1. The summed E-state index contributed by atoms with van der Waals surface area (Å²) in [6.45, 7) is 0.101. The second-order valence-corrected chi connectivity index (χ2v) is 3.78. The maximum Gasteiger partial charge on any atom is 0.327 e. The highest BCUT2D eigenvalue weighted by Crippen LogP contribution is 2.13. The van der Waals surface area contributed by atoms with Crippen molar-refractivity contribution in [3.8, 4) is 0 Å². The van der Waals surface area contributed by atoms with Crippen molar-refractivity contribution in [3.63, 3.8) is 0 Å². The summed E-state index contributed by atoms with van der Waals surface area (Å²) in [5, 5.41) is 2.87. The van der Waals surface area contributed by atoms with Crippen LogP contribution in [0.15, 0.2) is 30.3 Å². The molecule has 0 fully saturated rings. The Morgan fingerprint density at radius 3 is 2.44 bits per heavy atom. The quantitative estimate of drug-likeness (QED) is 0.580. The van der Waals surface area contributed by atoms with E-state index in [1.165, 1.54) is 7.11 Å². The molecule has 1 rings (SSSR count). The highest BCUT2D eigenvalue weighted by molar-refractivity contribution is 5.80. The van der Waals surface area contributed by atoms with E-state index >= 15 is 0 Å². The molecule has 6 nitrogen and oxygen atoms in total. The Kier molecular flexibility index (Phi) is 5.29. The molecule has 0 saturated carbocycles. The van der Waals surface area contributed by atoms with Crippen LogP contribution in [0.2, 0.25) is 0 Å². The fraction of sp³-hybridized carbons (Fsp3) is 0.333. The van der Waals surface area contributed by atoms with Gasteiger partial charge in [-0.2, -0.15) is 0 Å². The lowest BCUT2D eigenvalue weighted by Gasteiger charge is -2.18. The molecule has 0 heterocycles. The van der Waals surface area contributed by atoms with Gasteiger partial charge in [-0.3, -0.25) is 10.1 Å². The number of rotatable bonds is 6. The third-order valence-electron chi connectivity index (χ3n) is 2.48. The van der Waals surface area contributed by atoms with Gasteiger partial charge in [0.1, 0.15) is 6.04 Å². The zero-order valence-corrected chi connectivity index (χ0v) is 10.1. The standard InChI is InChI=1S/C12H17N3O3/c1-18-12(17)10(8-5-3-2-4-6-8)15-7-9(13)11(14)16/h2-6,9-10,15H,7,13H2,1H3,(H2,14,16). The molecular formula is C12H17N3O3. The van der Waals surface area contributed by atoms with Crippen molar-refractivity contribution in [2.45, 2.75) is 12.1 Å². The largest absolute Gasteiger partial charge is 0.468 e. The topological polar surface area (TPSA) is 107 Å². The summed E-state index contributed by atoms with van der Waals surface area (Å²) in [6, 6.07) is 7.51. The molecule has 18 heavy (non-hydrogen) atoms. The maximum atomic E-state index is 11.7. The zero-order valence-electron chi connectivity index (χ0n) is 10.1. The van der Waals surface area contributed by atoms with Crippen LogP contribution >= 0.6 is 0 Å². The van der Waals surface area contributed by atoms with E-state index in [1.807, 2.05) is 6.07 Å². The Bertz CT molecular complexity index is 408.